The van der Waals surface area contributed by atoms with Crippen LogP contribution in [0.1, 0.15) is 63.2 Å². The fourth-order valence-electron chi connectivity index (χ4n) is 6.29. The average molecular weight is 567 g/mol. The smallest absolute Gasteiger partial charge is 0.251 e. The first kappa shape index (κ1) is 32.5. The van der Waals surface area contributed by atoms with E-state index >= 15 is 0 Å². The van der Waals surface area contributed by atoms with E-state index in [2.05, 4.69) is 22.0 Å². The molecular formula is C28H46N4O4S2. The van der Waals surface area contributed by atoms with Crippen molar-refractivity contribution < 1.29 is 19.1 Å². The Kier molecular flexibility index (Phi) is 12.5. The van der Waals surface area contributed by atoms with Gasteiger partial charge in [-0.1, -0.05) is 27.2 Å². The van der Waals surface area contributed by atoms with Crippen LogP contribution in [0.25, 0.3) is 0 Å². The molecule has 3 atom stereocenters. The molecule has 1 aromatic carbocycles. The zero-order chi connectivity index (χ0) is 24.4. The summed E-state index contributed by atoms with van der Waals surface area (Å²) in [5.41, 5.74) is 1.69. The van der Waals surface area contributed by atoms with Crippen LogP contribution in [-0.2, 0) is 14.3 Å². The largest absolute Gasteiger partial charge is 0.369 e. The Balaban J connectivity index is 0.00000169. The number of ketones is 1. The maximum Gasteiger partial charge on any atom is 0.251 e. The second-order valence-electron chi connectivity index (χ2n) is 10.5. The van der Waals surface area contributed by atoms with E-state index in [-0.39, 0.29) is 70.6 Å². The van der Waals surface area contributed by atoms with Gasteiger partial charge in [0.05, 0.1) is 6.10 Å². The monoisotopic (exact) mass is 566 g/mol. The van der Waals surface area contributed by atoms with Gasteiger partial charge >= 0.3 is 0 Å². The topological polar surface area (TPSA) is 82.2 Å². The maximum absolute atomic E-state index is 13.6. The molecule has 1 aromatic rings. The molecule has 0 radical (unpaired) electrons. The SMILES string of the molecule is C.CCCN1CCN(c2ccc(C(=O)N[C@H](C(=O)N3CC[C@H]4OCC(=O)[C@H]43)C3CCCC3)cc2)CC1.S.S. The number of hydrogen-bond donors (Lipinski definition) is 1. The van der Waals surface area contributed by atoms with Crippen LogP contribution in [0.4, 0.5) is 5.69 Å². The van der Waals surface area contributed by atoms with Crippen molar-refractivity contribution >= 4 is 50.3 Å². The first-order valence-corrected chi connectivity index (χ1v) is 13.4. The van der Waals surface area contributed by atoms with E-state index in [1.54, 1.807) is 4.90 Å². The highest BCUT2D eigenvalue weighted by molar-refractivity contribution is 7.59. The summed E-state index contributed by atoms with van der Waals surface area (Å²) >= 11 is 0. The zero-order valence-electron chi connectivity index (χ0n) is 21.8. The van der Waals surface area contributed by atoms with Crippen LogP contribution in [0.2, 0.25) is 0 Å². The number of fused-ring (bicyclic) bond motifs is 1. The first-order valence-electron chi connectivity index (χ1n) is 13.4. The number of anilines is 1. The van der Waals surface area contributed by atoms with Crippen molar-refractivity contribution in [2.75, 3.05) is 50.8 Å². The van der Waals surface area contributed by atoms with Crippen LogP contribution < -0.4 is 10.2 Å². The molecule has 3 saturated heterocycles. The van der Waals surface area contributed by atoms with Gasteiger partial charge in [-0.2, -0.15) is 27.0 Å². The minimum atomic E-state index is -0.594. The van der Waals surface area contributed by atoms with Gasteiger partial charge in [-0.05, 0) is 62.4 Å². The lowest BCUT2D eigenvalue weighted by Crippen LogP contribution is -2.54. The van der Waals surface area contributed by atoms with Crippen LogP contribution in [-0.4, -0.2) is 91.5 Å². The highest BCUT2D eigenvalue weighted by atomic mass is 32.1. The fourth-order valence-corrected chi connectivity index (χ4v) is 6.29. The Labute approximate surface area is 241 Å². The van der Waals surface area contributed by atoms with Crippen LogP contribution in [0, 0.1) is 5.92 Å². The molecular weight excluding hydrogens is 520 g/mol. The van der Waals surface area contributed by atoms with E-state index < -0.39 is 12.1 Å². The second-order valence-corrected chi connectivity index (χ2v) is 10.5. The molecule has 4 aliphatic rings. The number of amides is 2. The second kappa shape index (κ2) is 14.6. The van der Waals surface area contributed by atoms with Gasteiger partial charge in [0.1, 0.15) is 18.7 Å². The molecule has 3 heterocycles. The van der Waals surface area contributed by atoms with Gasteiger partial charge in [0.25, 0.3) is 5.91 Å². The number of benzene rings is 1. The van der Waals surface area contributed by atoms with Crippen LogP contribution in [0.3, 0.4) is 0 Å². The number of nitrogens with zero attached hydrogens (tertiary/aromatic N) is 3. The minimum Gasteiger partial charge on any atom is -0.369 e. The standard InChI is InChI=1S/C27H38N4O4.CH4.2H2S/c1-2-12-29-14-16-30(17-15-29)21-9-7-20(8-10-21)26(33)28-24(19-5-3-4-6-19)27(34)31-13-11-23-25(31)22(32)18-35-23;;;/h7-10,19,23-25H,2-6,11-18H2,1H3,(H,28,33);1H4;2*1H2/t23-,24+,25-;;;/m1.../s1. The van der Waals surface area contributed by atoms with Crippen LogP contribution in [0.15, 0.2) is 24.3 Å². The van der Waals surface area contributed by atoms with Crippen molar-refractivity contribution in [1.82, 2.24) is 15.1 Å². The molecule has 0 bridgehead atoms. The van der Waals surface area contributed by atoms with Crippen LogP contribution in [0.5, 0.6) is 0 Å². The van der Waals surface area contributed by atoms with Crippen molar-refractivity contribution in [3.8, 4) is 0 Å². The number of ether oxygens (including phenoxy) is 1. The number of Topliss-reactive ketones (excluding diaryl/α,β-unsaturated/α-hetero) is 1. The molecule has 3 aliphatic heterocycles. The van der Waals surface area contributed by atoms with Gasteiger partial charge < -0.3 is 19.9 Å². The van der Waals surface area contributed by atoms with Crippen molar-refractivity contribution in [1.29, 1.82) is 0 Å². The van der Waals surface area contributed by atoms with Gasteiger partial charge in [-0.3, -0.25) is 19.3 Å². The van der Waals surface area contributed by atoms with E-state index in [4.69, 9.17) is 4.74 Å². The third kappa shape index (κ3) is 6.87. The molecule has 2 amide bonds. The molecule has 1 N–H and O–H groups in total. The normalized spacial score (nSPS) is 24.2. The Hall–Kier alpha value is -1.75. The molecule has 4 fully saturated rings. The molecule has 0 unspecified atom stereocenters. The minimum absolute atomic E-state index is 0. The molecule has 0 spiro atoms. The molecule has 8 nitrogen and oxygen atoms in total. The Morgan fingerprint density at radius 2 is 1.66 bits per heavy atom. The molecule has 214 valence electrons. The average Bonchev–Trinajstić information content (AvgIpc) is 3.63. The highest BCUT2D eigenvalue weighted by Gasteiger charge is 2.49. The van der Waals surface area contributed by atoms with E-state index in [9.17, 15) is 14.4 Å². The Morgan fingerprint density at radius 1 is 1.00 bits per heavy atom. The summed E-state index contributed by atoms with van der Waals surface area (Å²) in [6.07, 6.45) is 5.65. The molecule has 10 heteroatoms. The Bertz CT molecular complexity index is 933. The van der Waals surface area contributed by atoms with Gasteiger partial charge in [0, 0.05) is 44.0 Å². The third-order valence-corrected chi connectivity index (χ3v) is 8.23. The van der Waals surface area contributed by atoms with Crippen molar-refractivity contribution in [3.05, 3.63) is 29.8 Å². The van der Waals surface area contributed by atoms with E-state index in [0.717, 1.165) is 64.1 Å². The predicted molar refractivity (Wildman–Crippen MR) is 161 cm³/mol. The summed E-state index contributed by atoms with van der Waals surface area (Å²) in [5, 5.41) is 3.06. The first-order chi connectivity index (χ1) is 17.0. The number of nitrogens with one attached hydrogen (secondary N) is 1. The number of rotatable bonds is 7. The van der Waals surface area contributed by atoms with Crippen molar-refractivity contribution in [2.24, 2.45) is 5.92 Å². The van der Waals surface area contributed by atoms with Gasteiger partial charge in [-0.25, -0.2) is 0 Å². The summed E-state index contributed by atoms with van der Waals surface area (Å²) < 4.78 is 5.57. The molecule has 5 rings (SSSR count). The van der Waals surface area contributed by atoms with Crippen molar-refractivity contribution in [3.63, 3.8) is 0 Å². The van der Waals surface area contributed by atoms with Gasteiger partial charge in [-0.15, -0.1) is 0 Å². The number of carbonyl (C=O) groups excluding carboxylic acids is 3. The molecule has 1 saturated carbocycles. The predicted octanol–water partition coefficient (Wildman–Crippen LogP) is 2.94. The maximum atomic E-state index is 13.6. The van der Waals surface area contributed by atoms with Crippen molar-refractivity contribution in [2.45, 2.75) is 71.1 Å². The quantitative estimate of drug-likeness (QED) is 0.547. The molecule has 38 heavy (non-hydrogen) atoms. The third-order valence-electron chi connectivity index (χ3n) is 8.23. The lowest BCUT2D eigenvalue weighted by atomic mass is 9.95. The van der Waals surface area contributed by atoms with Gasteiger partial charge in [0.15, 0.2) is 5.78 Å². The highest BCUT2D eigenvalue weighted by Crippen LogP contribution is 2.32. The number of hydrogen-bond acceptors (Lipinski definition) is 6. The molecule has 0 aromatic heterocycles. The fraction of sp³-hybridized carbons (Fsp3) is 0.679. The van der Waals surface area contributed by atoms with Gasteiger partial charge in [0.2, 0.25) is 5.91 Å². The lowest BCUT2D eigenvalue weighted by Gasteiger charge is -2.36. The summed E-state index contributed by atoms with van der Waals surface area (Å²) in [7, 11) is 0. The number of likely N-dealkylation sites (tertiary alicyclic amines) is 1. The summed E-state index contributed by atoms with van der Waals surface area (Å²) in [4.78, 5) is 45.7. The number of carbonyl (C=O) groups is 3. The van der Waals surface area contributed by atoms with E-state index in [1.165, 1.54) is 6.42 Å². The summed E-state index contributed by atoms with van der Waals surface area (Å²) in [6, 6.07) is 6.66. The Morgan fingerprint density at radius 3 is 2.29 bits per heavy atom. The molecule has 1 aliphatic carbocycles. The van der Waals surface area contributed by atoms with E-state index in [1.807, 2.05) is 24.3 Å². The zero-order valence-corrected chi connectivity index (χ0v) is 23.8. The van der Waals surface area contributed by atoms with Crippen LogP contribution >= 0.6 is 27.0 Å². The lowest BCUT2D eigenvalue weighted by molar-refractivity contribution is -0.139. The summed E-state index contributed by atoms with van der Waals surface area (Å²) in [5.74, 6) is -0.262. The van der Waals surface area contributed by atoms with E-state index in [0.29, 0.717) is 18.5 Å². The number of piperazine rings is 1. The summed E-state index contributed by atoms with van der Waals surface area (Å²) in [6.45, 7) is 8.06.